The second kappa shape index (κ2) is 9.65. The number of unbranched alkanes of at least 4 members (excludes halogenated alkanes) is 5. The van der Waals surface area contributed by atoms with Crippen molar-refractivity contribution in [2.75, 3.05) is 0 Å². The standard InChI is InChI=1S/C17H22BrNS2/c1-2-3-4-5-6-7-10-14(13-18)20-17-19-15-11-8-9-12-16(15)21-17/h8-9,11-13H,2-7,10H2,1H3/b14-13-. The van der Waals surface area contributed by atoms with Crippen LogP contribution >= 0.6 is 39.0 Å². The summed E-state index contributed by atoms with van der Waals surface area (Å²) in [5.74, 6) is 0. The van der Waals surface area contributed by atoms with E-state index in [-0.39, 0.29) is 0 Å². The first-order valence-corrected chi connectivity index (χ1v) is 10.2. The summed E-state index contributed by atoms with van der Waals surface area (Å²) in [7, 11) is 0. The largest absolute Gasteiger partial charge is 0.229 e. The van der Waals surface area contributed by atoms with E-state index >= 15 is 0 Å². The third-order valence-corrected chi connectivity index (χ3v) is 6.43. The third-order valence-electron chi connectivity index (χ3n) is 3.39. The van der Waals surface area contributed by atoms with Crippen LogP contribution in [0.5, 0.6) is 0 Å². The van der Waals surface area contributed by atoms with Gasteiger partial charge in [-0.15, -0.1) is 11.3 Å². The van der Waals surface area contributed by atoms with Crippen LogP contribution in [-0.4, -0.2) is 4.98 Å². The molecule has 0 spiro atoms. The number of halogens is 1. The molecule has 0 radical (unpaired) electrons. The second-order valence-electron chi connectivity index (χ2n) is 5.14. The minimum atomic E-state index is 1.11. The van der Waals surface area contributed by atoms with Crippen LogP contribution in [0.3, 0.4) is 0 Å². The molecular weight excluding hydrogens is 362 g/mol. The molecule has 21 heavy (non-hydrogen) atoms. The first kappa shape index (κ1) is 17.0. The van der Waals surface area contributed by atoms with E-state index in [0.29, 0.717) is 0 Å². The van der Waals surface area contributed by atoms with Crippen LogP contribution in [0.4, 0.5) is 0 Å². The summed E-state index contributed by atoms with van der Waals surface area (Å²) in [6.45, 7) is 2.26. The van der Waals surface area contributed by atoms with Gasteiger partial charge in [0.25, 0.3) is 0 Å². The lowest BCUT2D eigenvalue weighted by atomic mass is 10.1. The number of hydrogen-bond acceptors (Lipinski definition) is 3. The Morgan fingerprint density at radius 3 is 2.71 bits per heavy atom. The molecule has 0 aliphatic carbocycles. The van der Waals surface area contributed by atoms with Gasteiger partial charge in [0.1, 0.15) is 0 Å². The van der Waals surface area contributed by atoms with Crippen molar-refractivity contribution in [3.05, 3.63) is 34.2 Å². The van der Waals surface area contributed by atoms with Gasteiger partial charge >= 0.3 is 0 Å². The molecule has 0 unspecified atom stereocenters. The second-order valence-corrected chi connectivity index (χ2v) is 8.00. The lowest BCUT2D eigenvalue weighted by molar-refractivity contribution is 0.610. The highest BCUT2D eigenvalue weighted by Crippen LogP contribution is 2.36. The van der Waals surface area contributed by atoms with E-state index in [4.69, 9.17) is 0 Å². The van der Waals surface area contributed by atoms with E-state index in [1.54, 1.807) is 23.1 Å². The number of nitrogens with zero attached hydrogens (tertiary/aromatic N) is 1. The van der Waals surface area contributed by atoms with Crippen molar-refractivity contribution in [2.24, 2.45) is 0 Å². The molecule has 2 rings (SSSR count). The van der Waals surface area contributed by atoms with Gasteiger partial charge in [-0.25, -0.2) is 4.98 Å². The lowest BCUT2D eigenvalue weighted by Gasteiger charge is -2.04. The molecule has 2 aromatic rings. The van der Waals surface area contributed by atoms with Crippen molar-refractivity contribution in [3.63, 3.8) is 0 Å². The van der Waals surface area contributed by atoms with Crippen molar-refractivity contribution >= 4 is 49.2 Å². The van der Waals surface area contributed by atoms with Crippen LogP contribution in [0.1, 0.15) is 51.9 Å². The maximum Gasteiger partial charge on any atom is 0.155 e. The number of allylic oxidation sites excluding steroid dienone is 1. The Morgan fingerprint density at radius 2 is 1.95 bits per heavy atom. The molecule has 0 N–H and O–H groups in total. The molecule has 0 aliphatic heterocycles. The van der Waals surface area contributed by atoms with Crippen LogP contribution in [0, 0.1) is 0 Å². The topological polar surface area (TPSA) is 12.9 Å². The van der Waals surface area contributed by atoms with Gasteiger partial charge in [0.05, 0.1) is 10.2 Å². The summed E-state index contributed by atoms with van der Waals surface area (Å²) in [4.78, 5) is 8.13. The van der Waals surface area contributed by atoms with Crippen LogP contribution in [0.15, 0.2) is 38.5 Å². The highest BCUT2D eigenvalue weighted by atomic mass is 79.9. The highest BCUT2D eigenvalue weighted by Gasteiger charge is 2.07. The summed E-state index contributed by atoms with van der Waals surface area (Å²) < 4.78 is 2.42. The molecule has 0 bridgehead atoms. The Morgan fingerprint density at radius 1 is 1.19 bits per heavy atom. The van der Waals surface area contributed by atoms with Gasteiger partial charge < -0.3 is 0 Å². The first-order valence-electron chi connectivity index (χ1n) is 7.66. The molecule has 0 fully saturated rings. The molecule has 4 heteroatoms. The number of fused-ring (bicyclic) bond motifs is 1. The molecule has 114 valence electrons. The summed E-state index contributed by atoms with van der Waals surface area (Å²) in [6, 6.07) is 8.35. The number of rotatable bonds is 9. The normalized spacial score (nSPS) is 12.2. The first-order chi connectivity index (χ1) is 10.3. The SMILES string of the molecule is CCCCCCCC/C(=C/Br)Sc1nc2ccccc2s1. The molecule has 1 aromatic carbocycles. The molecule has 0 amide bonds. The number of benzene rings is 1. The van der Waals surface area contributed by atoms with Crippen molar-refractivity contribution < 1.29 is 0 Å². The molecule has 0 atom stereocenters. The smallest absolute Gasteiger partial charge is 0.155 e. The zero-order valence-electron chi connectivity index (χ0n) is 12.5. The summed E-state index contributed by atoms with van der Waals surface area (Å²) >= 11 is 7.09. The zero-order chi connectivity index (χ0) is 14.9. The van der Waals surface area contributed by atoms with Crippen molar-refractivity contribution in [1.29, 1.82) is 0 Å². The monoisotopic (exact) mass is 383 g/mol. The van der Waals surface area contributed by atoms with Crippen LogP contribution in [0.25, 0.3) is 10.2 Å². The van der Waals surface area contributed by atoms with Crippen molar-refractivity contribution in [1.82, 2.24) is 4.98 Å². The van der Waals surface area contributed by atoms with Crippen molar-refractivity contribution in [2.45, 2.75) is 56.2 Å². The number of para-hydroxylation sites is 1. The molecule has 1 aromatic heterocycles. The van der Waals surface area contributed by atoms with Crippen molar-refractivity contribution in [3.8, 4) is 0 Å². The van der Waals surface area contributed by atoms with E-state index < -0.39 is 0 Å². The quantitative estimate of drug-likeness (QED) is 0.330. The maximum atomic E-state index is 4.69. The van der Waals surface area contributed by atoms with E-state index in [2.05, 4.69) is 51.0 Å². The molecule has 0 saturated heterocycles. The van der Waals surface area contributed by atoms with Crippen LogP contribution in [-0.2, 0) is 0 Å². The Kier molecular flexibility index (Phi) is 7.83. The average molecular weight is 384 g/mol. The predicted octanol–water partition coefficient (Wildman–Crippen LogP) is 7.38. The molecular formula is C17H22BrNS2. The minimum absolute atomic E-state index is 1.11. The van der Waals surface area contributed by atoms with Gasteiger partial charge in [0.2, 0.25) is 0 Å². The van der Waals surface area contributed by atoms with Gasteiger partial charge in [-0.1, -0.05) is 78.9 Å². The summed E-state index contributed by atoms with van der Waals surface area (Å²) in [6.07, 6.45) is 9.22. The minimum Gasteiger partial charge on any atom is -0.229 e. The fraction of sp³-hybridized carbons (Fsp3) is 0.471. The highest BCUT2D eigenvalue weighted by molar-refractivity contribution is 9.11. The fourth-order valence-electron chi connectivity index (χ4n) is 2.21. The number of thioether (sulfide) groups is 1. The predicted molar refractivity (Wildman–Crippen MR) is 100 cm³/mol. The fourth-order valence-corrected chi connectivity index (χ4v) is 4.84. The molecule has 0 saturated carbocycles. The van der Waals surface area contributed by atoms with Gasteiger partial charge in [-0.05, 0) is 34.9 Å². The van der Waals surface area contributed by atoms with E-state index in [1.165, 1.54) is 48.1 Å². The molecule has 0 aliphatic rings. The number of hydrogen-bond donors (Lipinski definition) is 0. The number of aromatic nitrogens is 1. The number of thiazole rings is 1. The van der Waals surface area contributed by atoms with Gasteiger partial charge in [0, 0.05) is 0 Å². The van der Waals surface area contributed by atoms with E-state index in [9.17, 15) is 0 Å². The summed E-state index contributed by atoms with van der Waals surface area (Å²) in [5.41, 5.74) is 1.11. The van der Waals surface area contributed by atoms with E-state index in [0.717, 1.165) is 16.3 Å². The maximum absolute atomic E-state index is 4.69. The summed E-state index contributed by atoms with van der Waals surface area (Å²) in [5, 5.41) is 0. The van der Waals surface area contributed by atoms with Crippen LogP contribution in [0.2, 0.25) is 0 Å². The molecule has 1 nitrogen and oxygen atoms in total. The molecule has 1 heterocycles. The Labute approximate surface area is 144 Å². The van der Waals surface area contributed by atoms with Gasteiger partial charge in [0.15, 0.2) is 4.34 Å². The Bertz CT molecular complexity index is 544. The third kappa shape index (κ3) is 5.76. The Balaban J connectivity index is 1.79. The van der Waals surface area contributed by atoms with Gasteiger partial charge in [-0.2, -0.15) is 0 Å². The van der Waals surface area contributed by atoms with Crippen LogP contribution < -0.4 is 0 Å². The average Bonchev–Trinajstić information content (AvgIpc) is 2.91. The Hall–Kier alpha value is -0.320. The van der Waals surface area contributed by atoms with Gasteiger partial charge in [-0.3, -0.25) is 0 Å². The van der Waals surface area contributed by atoms with E-state index in [1.807, 2.05) is 6.07 Å². The zero-order valence-corrected chi connectivity index (χ0v) is 15.7. The lowest BCUT2D eigenvalue weighted by Crippen LogP contribution is -1.82.